The van der Waals surface area contributed by atoms with E-state index in [9.17, 15) is 9.59 Å². The summed E-state index contributed by atoms with van der Waals surface area (Å²) in [6.45, 7) is 14.4. The number of esters is 2. The average molecular weight is 316 g/mol. The molecule has 0 aliphatic carbocycles. The number of anilines is 1. The van der Waals surface area contributed by atoms with Gasteiger partial charge in [0, 0.05) is 11.4 Å². The highest BCUT2D eigenvalue weighted by Gasteiger charge is 2.22. The van der Waals surface area contributed by atoms with Crippen molar-refractivity contribution in [3.05, 3.63) is 65.4 Å². The summed E-state index contributed by atoms with van der Waals surface area (Å²) in [5.74, 6) is -1.71. The molecule has 1 aromatic carbocycles. The lowest BCUT2D eigenvalue weighted by Crippen LogP contribution is -2.20. The first-order chi connectivity index (χ1) is 10.8. The number of nitrogen functional groups attached to an aromatic ring is 1. The van der Waals surface area contributed by atoms with E-state index in [2.05, 4.69) is 13.2 Å². The lowest BCUT2D eigenvalue weighted by molar-refractivity contribution is -0.133. The zero-order valence-corrected chi connectivity index (χ0v) is 14.1. The molecule has 0 amide bonds. The molecule has 0 saturated heterocycles. The second-order valence-corrected chi connectivity index (χ2v) is 4.50. The Morgan fingerprint density at radius 3 is 2.26 bits per heavy atom. The fraction of sp³-hybridized carbons (Fsp3) is 0.222. The van der Waals surface area contributed by atoms with Gasteiger partial charge in [0.05, 0.1) is 11.1 Å². The number of benzene rings is 1. The second kappa shape index (κ2) is 9.25. The number of ether oxygens (including phenoxy) is 1. The standard InChI is InChI=1S/C16H18N2O3.C2H6/c1-5-9(2)13(11(4)17)15(19)21-16(20)14-10(3)7-6-8-12(14)18;1-2/h5-8H,1,4,17-18H2,2-3H3;1-2H3/b13-9+;. The predicted octanol–water partition coefficient (Wildman–Crippen LogP) is 3.26. The van der Waals surface area contributed by atoms with Gasteiger partial charge in [-0.3, -0.25) is 0 Å². The molecule has 1 rings (SSSR count). The molecule has 23 heavy (non-hydrogen) atoms. The Morgan fingerprint density at radius 2 is 1.83 bits per heavy atom. The van der Waals surface area contributed by atoms with Crippen LogP contribution in [0.5, 0.6) is 0 Å². The van der Waals surface area contributed by atoms with Gasteiger partial charge in [0.1, 0.15) is 0 Å². The fourth-order valence-corrected chi connectivity index (χ4v) is 1.80. The molecule has 0 fully saturated rings. The Labute approximate surface area is 137 Å². The number of allylic oxidation sites excluding steroid dienone is 2. The lowest BCUT2D eigenvalue weighted by Gasteiger charge is -2.11. The van der Waals surface area contributed by atoms with Crippen molar-refractivity contribution in [3.63, 3.8) is 0 Å². The van der Waals surface area contributed by atoms with Crippen LogP contribution in [0.3, 0.4) is 0 Å². The maximum Gasteiger partial charge on any atom is 0.348 e. The monoisotopic (exact) mass is 316 g/mol. The Kier molecular flexibility index (Phi) is 8.12. The quantitative estimate of drug-likeness (QED) is 0.292. The summed E-state index contributed by atoms with van der Waals surface area (Å²) in [5, 5.41) is 0. The summed E-state index contributed by atoms with van der Waals surface area (Å²) in [7, 11) is 0. The van der Waals surface area contributed by atoms with Crippen LogP contribution in [0, 0.1) is 6.92 Å². The van der Waals surface area contributed by atoms with Crippen molar-refractivity contribution in [2.75, 3.05) is 5.73 Å². The van der Waals surface area contributed by atoms with E-state index in [4.69, 9.17) is 16.2 Å². The topological polar surface area (TPSA) is 95.4 Å². The van der Waals surface area contributed by atoms with Crippen molar-refractivity contribution < 1.29 is 14.3 Å². The summed E-state index contributed by atoms with van der Waals surface area (Å²) >= 11 is 0. The number of rotatable bonds is 4. The van der Waals surface area contributed by atoms with Crippen LogP contribution in [0.25, 0.3) is 0 Å². The van der Waals surface area contributed by atoms with Crippen molar-refractivity contribution in [2.24, 2.45) is 5.73 Å². The van der Waals surface area contributed by atoms with E-state index in [1.54, 1.807) is 32.0 Å². The van der Waals surface area contributed by atoms with E-state index in [1.807, 2.05) is 13.8 Å². The smallest absolute Gasteiger partial charge is 0.348 e. The molecule has 0 radical (unpaired) electrons. The highest BCUT2D eigenvalue weighted by molar-refractivity contribution is 6.07. The molecule has 0 unspecified atom stereocenters. The molecule has 0 saturated carbocycles. The molecule has 1 aromatic rings. The normalized spacial score (nSPS) is 10.6. The van der Waals surface area contributed by atoms with Gasteiger partial charge in [0.15, 0.2) is 0 Å². The Balaban J connectivity index is 0.00000232. The fourth-order valence-electron chi connectivity index (χ4n) is 1.80. The summed E-state index contributed by atoms with van der Waals surface area (Å²) in [6.07, 6.45) is 1.43. The van der Waals surface area contributed by atoms with Gasteiger partial charge in [0.25, 0.3) is 0 Å². The van der Waals surface area contributed by atoms with Crippen LogP contribution in [-0.4, -0.2) is 11.9 Å². The molecule has 0 heterocycles. The number of hydrogen-bond acceptors (Lipinski definition) is 5. The Hall–Kier alpha value is -2.82. The average Bonchev–Trinajstić information content (AvgIpc) is 2.48. The lowest BCUT2D eigenvalue weighted by atomic mass is 10.1. The molecular weight excluding hydrogens is 292 g/mol. The van der Waals surface area contributed by atoms with Gasteiger partial charge in [-0.15, -0.1) is 0 Å². The molecule has 4 N–H and O–H groups in total. The molecule has 0 atom stereocenters. The largest absolute Gasteiger partial charge is 0.399 e. The highest BCUT2D eigenvalue weighted by atomic mass is 16.6. The summed E-state index contributed by atoms with van der Waals surface area (Å²) in [6, 6.07) is 4.96. The van der Waals surface area contributed by atoms with Crippen molar-refractivity contribution in [2.45, 2.75) is 27.7 Å². The van der Waals surface area contributed by atoms with Crippen LogP contribution < -0.4 is 11.5 Å². The Bertz CT molecular complexity index is 638. The molecule has 0 aliphatic heterocycles. The van der Waals surface area contributed by atoms with Crippen molar-refractivity contribution in [1.29, 1.82) is 0 Å². The molecule has 124 valence electrons. The second-order valence-electron chi connectivity index (χ2n) is 4.50. The predicted molar refractivity (Wildman–Crippen MR) is 93.6 cm³/mol. The van der Waals surface area contributed by atoms with E-state index in [-0.39, 0.29) is 22.5 Å². The first kappa shape index (κ1) is 20.2. The molecule has 0 spiro atoms. The number of nitrogens with two attached hydrogens (primary N) is 2. The van der Waals surface area contributed by atoms with E-state index >= 15 is 0 Å². The third-order valence-corrected chi connectivity index (χ3v) is 2.92. The minimum atomic E-state index is -0.882. The third kappa shape index (κ3) is 5.14. The minimum Gasteiger partial charge on any atom is -0.399 e. The first-order valence-electron chi connectivity index (χ1n) is 7.19. The number of aryl methyl sites for hydroxylation is 1. The number of carbonyl (C=O) groups is 2. The molecule has 5 nitrogen and oxygen atoms in total. The van der Waals surface area contributed by atoms with E-state index < -0.39 is 11.9 Å². The summed E-state index contributed by atoms with van der Waals surface area (Å²) < 4.78 is 4.84. The minimum absolute atomic E-state index is 0.00274. The van der Waals surface area contributed by atoms with Gasteiger partial charge < -0.3 is 16.2 Å². The van der Waals surface area contributed by atoms with Crippen LogP contribution >= 0.6 is 0 Å². The summed E-state index contributed by atoms with van der Waals surface area (Å²) in [4.78, 5) is 24.2. The zero-order chi connectivity index (χ0) is 18.2. The van der Waals surface area contributed by atoms with Crippen LogP contribution in [0.1, 0.15) is 36.7 Å². The zero-order valence-electron chi connectivity index (χ0n) is 14.1. The van der Waals surface area contributed by atoms with Gasteiger partial charge in [0.2, 0.25) is 0 Å². The van der Waals surface area contributed by atoms with E-state index in [0.29, 0.717) is 11.1 Å². The van der Waals surface area contributed by atoms with Gasteiger partial charge in [-0.05, 0) is 31.1 Å². The van der Waals surface area contributed by atoms with Crippen LogP contribution in [0.4, 0.5) is 5.69 Å². The van der Waals surface area contributed by atoms with Crippen molar-refractivity contribution in [1.82, 2.24) is 0 Å². The van der Waals surface area contributed by atoms with Crippen molar-refractivity contribution >= 4 is 17.6 Å². The first-order valence-corrected chi connectivity index (χ1v) is 7.19. The van der Waals surface area contributed by atoms with Gasteiger partial charge in [-0.2, -0.15) is 0 Å². The SMILES string of the molecule is C=C/C(C)=C(\C(=C)N)C(=O)OC(=O)c1c(C)cccc1N.CC. The summed E-state index contributed by atoms with van der Waals surface area (Å²) in [5.41, 5.74) is 12.8. The van der Waals surface area contributed by atoms with E-state index in [1.165, 1.54) is 6.08 Å². The molecule has 0 aromatic heterocycles. The highest BCUT2D eigenvalue weighted by Crippen LogP contribution is 2.19. The maximum absolute atomic E-state index is 12.1. The van der Waals surface area contributed by atoms with E-state index in [0.717, 1.165) is 0 Å². The molecule has 0 aliphatic rings. The van der Waals surface area contributed by atoms with Crippen molar-refractivity contribution in [3.8, 4) is 0 Å². The van der Waals surface area contributed by atoms with Crippen LogP contribution in [0.2, 0.25) is 0 Å². The third-order valence-electron chi connectivity index (χ3n) is 2.92. The maximum atomic E-state index is 12.1. The molecule has 5 heteroatoms. The van der Waals surface area contributed by atoms with Gasteiger partial charge in [-0.25, -0.2) is 9.59 Å². The van der Waals surface area contributed by atoms with Crippen LogP contribution in [0.15, 0.2) is 54.3 Å². The Morgan fingerprint density at radius 1 is 1.26 bits per heavy atom. The van der Waals surface area contributed by atoms with Gasteiger partial charge >= 0.3 is 11.9 Å². The number of carbonyl (C=O) groups excluding carboxylic acids is 2. The number of hydrogen-bond donors (Lipinski definition) is 2. The molecule has 0 bridgehead atoms. The van der Waals surface area contributed by atoms with Gasteiger partial charge in [-0.1, -0.05) is 45.2 Å². The van der Waals surface area contributed by atoms with Crippen LogP contribution in [-0.2, 0) is 9.53 Å². The molecular formula is C18H24N2O3.